The van der Waals surface area contributed by atoms with Crippen molar-refractivity contribution in [3.63, 3.8) is 0 Å². The van der Waals surface area contributed by atoms with Gasteiger partial charge in [-0.15, -0.1) is 4.40 Å². The number of sulfonamides is 1. The summed E-state index contributed by atoms with van der Waals surface area (Å²) in [5.74, 6) is 1.18. The molecule has 0 radical (unpaired) electrons. The Labute approximate surface area is 201 Å². The Morgan fingerprint density at radius 1 is 0.912 bits per heavy atom. The van der Waals surface area contributed by atoms with Crippen LogP contribution in [0.15, 0.2) is 57.8 Å². The summed E-state index contributed by atoms with van der Waals surface area (Å²) in [4.78, 5) is 17.9. The second-order valence-corrected chi connectivity index (χ2v) is 11.1. The highest BCUT2D eigenvalue weighted by molar-refractivity contribution is 7.90. The molecule has 2 aromatic carbocycles. The number of rotatable bonds is 4. The van der Waals surface area contributed by atoms with Crippen LogP contribution >= 0.6 is 0 Å². The van der Waals surface area contributed by atoms with Crippen molar-refractivity contribution >= 4 is 27.5 Å². The first-order valence-corrected chi connectivity index (χ1v) is 13.8. The summed E-state index contributed by atoms with van der Waals surface area (Å²) in [5.41, 5.74) is 1.90. The molecular formula is C26H32N4O3S. The molecule has 2 fully saturated rings. The third kappa shape index (κ3) is 5.03. The van der Waals surface area contributed by atoms with Crippen molar-refractivity contribution in [2.75, 3.05) is 38.0 Å². The van der Waals surface area contributed by atoms with Gasteiger partial charge in [-0.3, -0.25) is 4.79 Å². The summed E-state index contributed by atoms with van der Waals surface area (Å²) in [6.07, 6.45) is 7.82. The first kappa shape index (κ1) is 23.1. The molecule has 2 aliphatic heterocycles. The summed E-state index contributed by atoms with van der Waals surface area (Å²) in [6, 6.07) is 14.0. The number of carbonyl (C=O) groups is 1. The third-order valence-electron chi connectivity index (χ3n) is 7.14. The number of hydrogen-bond donors (Lipinski definition) is 1. The lowest BCUT2D eigenvalue weighted by molar-refractivity contribution is 0.0760. The summed E-state index contributed by atoms with van der Waals surface area (Å²) in [5, 5.41) is 3.09. The minimum absolute atomic E-state index is 0.0530. The van der Waals surface area contributed by atoms with Gasteiger partial charge in [0.2, 0.25) is 0 Å². The van der Waals surface area contributed by atoms with Crippen LogP contribution in [0, 0.1) is 5.92 Å². The highest BCUT2D eigenvalue weighted by Crippen LogP contribution is 2.27. The quantitative estimate of drug-likeness (QED) is 0.716. The van der Waals surface area contributed by atoms with E-state index in [1.54, 1.807) is 48.5 Å². The Morgan fingerprint density at radius 3 is 2.47 bits per heavy atom. The maximum absolute atomic E-state index is 13.1. The molecule has 1 saturated carbocycles. The lowest BCUT2D eigenvalue weighted by Crippen LogP contribution is -2.36. The predicted octanol–water partition coefficient (Wildman–Crippen LogP) is 3.98. The van der Waals surface area contributed by atoms with Crippen LogP contribution in [0.1, 0.15) is 54.4 Å². The molecule has 5 rings (SSSR count). The summed E-state index contributed by atoms with van der Waals surface area (Å²) in [6.45, 7) is 4.72. The maximum Gasteiger partial charge on any atom is 0.285 e. The molecule has 7 nitrogen and oxygen atoms in total. The third-order valence-corrected chi connectivity index (χ3v) is 8.48. The van der Waals surface area contributed by atoms with Gasteiger partial charge in [-0.05, 0) is 68.1 Å². The summed E-state index contributed by atoms with van der Waals surface area (Å²) < 4.78 is 28.4. The molecule has 0 unspecified atom stereocenters. The minimum atomic E-state index is -3.67. The Balaban J connectivity index is 1.20. The average molecular weight is 481 g/mol. The van der Waals surface area contributed by atoms with Crippen LogP contribution in [-0.4, -0.2) is 62.7 Å². The monoisotopic (exact) mass is 480 g/mol. The van der Waals surface area contributed by atoms with Crippen LogP contribution in [0.3, 0.4) is 0 Å². The van der Waals surface area contributed by atoms with Gasteiger partial charge in [0, 0.05) is 43.0 Å². The number of anilines is 1. The van der Waals surface area contributed by atoms with Crippen molar-refractivity contribution in [3.8, 4) is 0 Å². The number of nitrogens with zero attached hydrogens (tertiary/aromatic N) is 3. The van der Waals surface area contributed by atoms with Crippen LogP contribution in [0.5, 0.6) is 0 Å². The Kier molecular flexibility index (Phi) is 6.70. The SMILES string of the molecule is O=C(c1ccc(NC2=NS(=O)(=O)c3ccccc32)cc1)N1CCCN(CC2CCCCC2)CC1. The van der Waals surface area contributed by atoms with Gasteiger partial charge < -0.3 is 15.1 Å². The van der Waals surface area contributed by atoms with Gasteiger partial charge in [0.1, 0.15) is 4.90 Å². The number of nitrogens with one attached hydrogen (secondary N) is 1. The second kappa shape index (κ2) is 9.88. The minimum Gasteiger partial charge on any atom is -0.339 e. The fourth-order valence-corrected chi connectivity index (χ4v) is 6.48. The molecule has 0 spiro atoms. The summed E-state index contributed by atoms with van der Waals surface area (Å²) >= 11 is 0. The van der Waals surface area contributed by atoms with E-state index in [9.17, 15) is 13.2 Å². The Morgan fingerprint density at radius 2 is 1.68 bits per heavy atom. The zero-order valence-corrected chi connectivity index (χ0v) is 20.3. The van der Waals surface area contributed by atoms with Crippen LogP contribution in [0.25, 0.3) is 0 Å². The highest BCUT2D eigenvalue weighted by atomic mass is 32.2. The Hall–Kier alpha value is -2.71. The van der Waals surface area contributed by atoms with Gasteiger partial charge in [-0.2, -0.15) is 8.42 Å². The molecule has 0 aromatic heterocycles. The lowest BCUT2D eigenvalue weighted by Gasteiger charge is -2.28. The number of carbonyl (C=O) groups excluding carboxylic acids is 1. The number of hydrogen-bond acceptors (Lipinski definition) is 5. The zero-order valence-electron chi connectivity index (χ0n) is 19.4. The van der Waals surface area contributed by atoms with Gasteiger partial charge in [0.05, 0.1) is 0 Å². The van der Waals surface area contributed by atoms with Crippen LogP contribution < -0.4 is 5.32 Å². The first-order valence-electron chi connectivity index (χ1n) is 12.3. The van der Waals surface area contributed by atoms with Gasteiger partial charge in [0.15, 0.2) is 5.84 Å². The highest BCUT2D eigenvalue weighted by Gasteiger charge is 2.28. The van der Waals surface area contributed by atoms with E-state index in [4.69, 9.17) is 0 Å². The van der Waals surface area contributed by atoms with E-state index in [1.165, 1.54) is 38.6 Å². The van der Waals surface area contributed by atoms with Crippen LogP contribution in [-0.2, 0) is 10.0 Å². The van der Waals surface area contributed by atoms with E-state index in [2.05, 4.69) is 14.6 Å². The van der Waals surface area contributed by atoms with Crippen LogP contribution in [0.4, 0.5) is 5.69 Å². The standard InChI is InChI=1S/C26H32N4O3S/c31-26(30-16-6-15-29(17-18-30)19-20-7-2-1-3-8-20)21-11-13-22(14-12-21)27-25-23-9-4-5-10-24(23)34(32,33)28-25/h4-5,9-14,20H,1-3,6-8,15-19H2,(H,27,28). The smallest absolute Gasteiger partial charge is 0.285 e. The van der Waals surface area contributed by atoms with E-state index in [0.717, 1.165) is 38.5 Å². The lowest BCUT2D eigenvalue weighted by atomic mass is 9.89. The van der Waals surface area contributed by atoms with Gasteiger partial charge in [0.25, 0.3) is 15.9 Å². The molecule has 1 saturated heterocycles. The number of benzene rings is 2. The van der Waals surface area contributed by atoms with Crippen molar-refractivity contribution in [1.82, 2.24) is 9.80 Å². The van der Waals surface area contributed by atoms with Crippen molar-refractivity contribution in [1.29, 1.82) is 0 Å². The molecule has 0 bridgehead atoms. The zero-order chi connectivity index (χ0) is 23.5. The largest absolute Gasteiger partial charge is 0.339 e. The van der Waals surface area contributed by atoms with E-state index >= 15 is 0 Å². The fourth-order valence-electron chi connectivity index (χ4n) is 5.30. The Bertz CT molecular complexity index is 1170. The van der Waals surface area contributed by atoms with E-state index in [-0.39, 0.29) is 10.8 Å². The van der Waals surface area contributed by atoms with E-state index in [0.29, 0.717) is 22.6 Å². The van der Waals surface area contributed by atoms with Crippen molar-refractivity contribution < 1.29 is 13.2 Å². The van der Waals surface area contributed by atoms with Gasteiger partial charge in [-0.1, -0.05) is 31.4 Å². The molecular weight excluding hydrogens is 448 g/mol. The normalized spacial score (nSPS) is 20.9. The van der Waals surface area contributed by atoms with Crippen molar-refractivity contribution in [2.24, 2.45) is 10.3 Å². The number of amides is 1. The predicted molar refractivity (Wildman–Crippen MR) is 134 cm³/mol. The molecule has 8 heteroatoms. The number of fused-ring (bicyclic) bond motifs is 1. The number of amidine groups is 1. The van der Waals surface area contributed by atoms with E-state index in [1.807, 2.05) is 4.90 Å². The molecule has 1 N–H and O–H groups in total. The van der Waals surface area contributed by atoms with Gasteiger partial charge >= 0.3 is 0 Å². The maximum atomic E-state index is 13.1. The van der Waals surface area contributed by atoms with Crippen molar-refractivity contribution in [2.45, 2.75) is 43.4 Å². The molecule has 2 aromatic rings. The van der Waals surface area contributed by atoms with Crippen molar-refractivity contribution in [3.05, 3.63) is 59.7 Å². The van der Waals surface area contributed by atoms with Gasteiger partial charge in [-0.25, -0.2) is 0 Å². The average Bonchev–Trinajstić information content (AvgIpc) is 2.98. The molecule has 0 atom stereocenters. The van der Waals surface area contributed by atoms with Crippen LogP contribution in [0.2, 0.25) is 0 Å². The second-order valence-electron chi connectivity index (χ2n) is 9.56. The molecule has 1 aliphatic carbocycles. The molecule has 2 heterocycles. The summed E-state index contributed by atoms with van der Waals surface area (Å²) in [7, 11) is -3.67. The topological polar surface area (TPSA) is 82.1 Å². The molecule has 180 valence electrons. The first-order chi connectivity index (χ1) is 16.5. The molecule has 1 amide bonds. The molecule has 34 heavy (non-hydrogen) atoms. The fraction of sp³-hybridized carbons (Fsp3) is 0.462. The van der Waals surface area contributed by atoms with E-state index < -0.39 is 10.0 Å². The molecule has 3 aliphatic rings.